The third-order valence-electron chi connectivity index (χ3n) is 1.00. The van der Waals surface area contributed by atoms with Gasteiger partial charge in [0.05, 0.1) is 0 Å². The molecular formula is C7H5Cl3O2S. The van der Waals surface area contributed by atoms with Crippen LogP contribution in [0.25, 0.3) is 0 Å². The SMILES string of the molecule is O=C(Cl)c1ccccc1.O=S(Cl)Cl. The second-order valence-electron chi connectivity index (χ2n) is 1.82. The highest BCUT2D eigenvalue weighted by atomic mass is 36.0. The molecular weight excluding hydrogens is 255 g/mol. The van der Waals surface area contributed by atoms with E-state index in [9.17, 15) is 4.79 Å². The lowest BCUT2D eigenvalue weighted by molar-refractivity contribution is 0.108. The number of carbonyl (C=O) groups excluding carboxylic acids is 1. The van der Waals surface area contributed by atoms with Gasteiger partial charge in [-0.05, 0) is 11.6 Å². The highest BCUT2D eigenvalue weighted by Crippen LogP contribution is 2.01. The molecule has 0 N–H and O–H groups in total. The molecule has 0 aliphatic carbocycles. The topological polar surface area (TPSA) is 34.1 Å². The molecule has 0 saturated carbocycles. The first kappa shape index (κ1) is 12.9. The van der Waals surface area contributed by atoms with Crippen molar-refractivity contribution in [2.45, 2.75) is 0 Å². The fourth-order valence-electron chi connectivity index (χ4n) is 0.569. The Morgan fingerprint density at radius 2 is 1.54 bits per heavy atom. The van der Waals surface area contributed by atoms with Gasteiger partial charge in [0.25, 0.3) is 5.24 Å². The van der Waals surface area contributed by atoms with Gasteiger partial charge in [-0.15, -0.1) is 0 Å². The lowest BCUT2D eigenvalue weighted by Crippen LogP contribution is -1.84. The molecule has 0 bridgehead atoms. The first-order valence-electron chi connectivity index (χ1n) is 3.03. The van der Waals surface area contributed by atoms with Crippen molar-refractivity contribution in [2.75, 3.05) is 0 Å². The van der Waals surface area contributed by atoms with Gasteiger partial charge in [0, 0.05) is 26.9 Å². The molecule has 0 atom stereocenters. The summed E-state index contributed by atoms with van der Waals surface area (Å²) in [5.41, 5.74) is 0.541. The molecule has 0 spiro atoms. The van der Waals surface area contributed by atoms with Gasteiger partial charge >= 0.3 is 0 Å². The zero-order chi connectivity index (χ0) is 10.3. The molecule has 0 radical (unpaired) electrons. The third kappa shape index (κ3) is 8.25. The molecule has 0 fully saturated rings. The Bertz CT molecular complexity index is 285. The van der Waals surface area contributed by atoms with Crippen molar-refractivity contribution in [3.8, 4) is 0 Å². The molecule has 0 aliphatic rings. The highest BCUT2D eigenvalue weighted by molar-refractivity contribution is 8.26. The molecule has 13 heavy (non-hydrogen) atoms. The van der Waals surface area contributed by atoms with E-state index in [1.54, 1.807) is 24.3 Å². The minimum Gasteiger partial charge on any atom is -0.276 e. The van der Waals surface area contributed by atoms with Crippen molar-refractivity contribution >= 4 is 47.4 Å². The van der Waals surface area contributed by atoms with Gasteiger partial charge in [0.2, 0.25) is 9.23 Å². The number of hydrogen-bond donors (Lipinski definition) is 0. The van der Waals surface area contributed by atoms with Gasteiger partial charge in [-0.3, -0.25) is 4.79 Å². The maximum atomic E-state index is 10.4. The molecule has 1 rings (SSSR count). The monoisotopic (exact) mass is 258 g/mol. The lowest BCUT2D eigenvalue weighted by Gasteiger charge is -1.87. The Kier molecular flexibility index (Phi) is 7.28. The largest absolute Gasteiger partial charge is 0.276 e. The molecule has 0 unspecified atom stereocenters. The quantitative estimate of drug-likeness (QED) is 0.726. The maximum Gasteiger partial charge on any atom is 0.252 e. The van der Waals surface area contributed by atoms with Crippen LogP contribution in [0.4, 0.5) is 0 Å². The standard InChI is InChI=1S/C7H5ClO.Cl2OS/c8-7(9)6-4-2-1-3-5-6;1-4(2)3/h1-5H;. The van der Waals surface area contributed by atoms with Crippen LogP contribution in [0.3, 0.4) is 0 Å². The van der Waals surface area contributed by atoms with E-state index in [0.717, 1.165) is 0 Å². The van der Waals surface area contributed by atoms with E-state index < -0.39 is 14.5 Å². The first-order chi connectivity index (χ1) is 6.04. The minimum atomic E-state index is -1.67. The zero-order valence-electron chi connectivity index (χ0n) is 6.25. The average Bonchev–Trinajstić information content (AvgIpc) is 2.05. The van der Waals surface area contributed by atoms with E-state index in [1.807, 2.05) is 6.07 Å². The van der Waals surface area contributed by atoms with E-state index in [-0.39, 0.29) is 0 Å². The number of rotatable bonds is 1. The van der Waals surface area contributed by atoms with Crippen LogP contribution < -0.4 is 0 Å². The van der Waals surface area contributed by atoms with E-state index in [2.05, 4.69) is 21.4 Å². The summed E-state index contributed by atoms with van der Waals surface area (Å²) in [5.74, 6) is 0. The summed E-state index contributed by atoms with van der Waals surface area (Å²) in [6, 6.07) is 8.74. The first-order valence-corrected chi connectivity index (χ1v) is 6.21. The Morgan fingerprint density at radius 1 is 1.15 bits per heavy atom. The zero-order valence-corrected chi connectivity index (χ0v) is 9.33. The number of benzene rings is 1. The van der Waals surface area contributed by atoms with Crippen LogP contribution >= 0.6 is 33.0 Å². The predicted molar refractivity (Wildman–Crippen MR) is 56.5 cm³/mol. The van der Waals surface area contributed by atoms with Crippen molar-refractivity contribution in [3.05, 3.63) is 35.9 Å². The molecule has 0 amide bonds. The van der Waals surface area contributed by atoms with E-state index >= 15 is 0 Å². The van der Waals surface area contributed by atoms with Crippen LogP contribution in [0.15, 0.2) is 30.3 Å². The van der Waals surface area contributed by atoms with E-state index in [4.69, 9.17) is 15.8 Å². The summed E-state index contributed by atoms with van der Waals surface area (Å²) in [7, 11) is 7.36. The summed E-state index contributed by atoms with van der Waals surface area (Å²) in [5, 5.41) is -0.407. The molecule has 0 saturated heterocycles. The number of hydrogen-bond acceptors (Lipinski definition) is 2. The third-order valence-corrected chi connectivity index (χ3v) is 1.22. The number of carbonyl (C=O) groups is 1. The van der Waals surface area contributed by atoms with E-state index in [0.29, 0.717) is 5.56 Å². The van der Waals surface area contributed by atoms with Crippen molar-refractivity contribution in [1.82, 2.24) is 0 Å². The number of halogens is 3. The lowest BCUT2D eigenvalue weighted by atomic mass is 10.2. The van der Waals surface area contributed by atoms with Gasteiger partial charge in [0.1, 0.15) is 0 Å². The van der Waals surface area contributed by atoms with Gasteiger partial charge in [0.15, 0.2) is 0 Å². The molecule has 0 aliphatic heterocycles. The van der Waals surface area contributed by atoms with Crippen molar-refractivity contribution in [3.63, 3.8) is 0 Å². The van der Waals surface area contributed by atoms with Gasteiger partial charge < -0.3 is 0 Å². The van der Waals surface area contributed by atoms with Crippen LogP contribution in [0.2, 0.25) is 0 Å². The maximum absolute atomic E-state index is 10.4. The normalized spacial score (nSPS) is 8.92. The van der Waals surface area contributed by atoms with Crippen molar-refractivity contribution in [2.24, 2.45) is 0 Å². The molecule has 6 heteroatoms. The second-order valence-corrected chi connectivity index (χ2v) is 4.69. The van der Waals surface area contributed by atoms with Gasteiger partial charge in [-0.1, -0.05) is 30.3 Å². The summed E-state index contributed by atoms with van der Waals surface area (Å²) in [4.78, 5) is 10.4. The summed E-state index contributed by atoms with van der Waals surface area (Å²) in [6.07, 6.45) is 0. The molecule has 0 heterocycles. The Hall–Kier alpha value is -0.0900. The highest BCUT2D eigenvalue weighted by Gasteiger charge is 1.95. The Labute approximate surface area is 92.3 Å². The summed E-state index contributed by atoms with van der Waals surface area (Å²) in [6.45, 7) is 0. The molecule has 1 aromatic rings. The summed E-state index contributed by atoms with van der Waals surface area (Å²) < 4.78 is 9.09. The van der Waals surface area contributed by atoms with Crippen LogP contribution in [-0.4, -0.2) is 9.45 Å². The van der Waals surface area contributed by atoms with Crippen molar-refractivity contribution in [1.29, 1.82) is 0 Å². The summed E-state index contributed by atoms with van der Waals surface area (Å²) >= 11 is 5.16. The van der Waals surface area contributed by atoms with Crippen LogP contribution in [0.1, 0.15) is 10.4 Å². The molecule has 0 aromatic heterocycles. The predicted octanol–water partition coefficient (Wildman–Crippen LogP) is 3.11. The average molecular weight is 260 g/mol. The second kappa shape index (κ2) is 7.33. The van der Waals surface area contributed by atoms with E-state index in [1.165, 1.54) is 0 Å². The van der Waals surface area contributed by atoms with Crippen LogP contribution in [0, 0.1) is 0 Å². The van der Waals surface area contributed by atoms with Crippen molar-refractivity contribution < 1.29 is 9.00 Å². The van der Waals surface area contributed by atoms with Gasteiger partial charge in [-0.2, -0.15) is 0 Å². The smallest absolute Gasteiger partial charge is 0.252 e. The minimum absolute atomic E-state index is 0.407. The fraction of sp³-hybridized carbons (Fsp3) is 0. The molecule has 2 nitrogen and oxygen atoms in total. The van der Waals surface area contributed by atoms with Crippen LogP contribution in [0.5, 0.6) is 0 Å². The Morgan fingerprint density at radius 3 is 1.77 bits per heavy atom. The fourth-order valence-corrected chi connectivity index (χ4v) is 0.695. The van der Waals surface area contributed by atoms with Gasteiger partial charge in [-0.25, -0.2) is 4.21 Å². The Balaban J connectivity index is 0.000000310. The molecule has 1 aromatic carbocycles. The van der Waals surface area contributed by atoms with Crippen LogP contribution in [-0.2, 0) is 9.23 Å². The molecule has 72 valence electrons.